The highest BCUT2D eigenvalue weighted by molar-refractivity contribution is 14.0. The highest BCUT2D eigenvalue weighted by Gasteiger charge is 2.08. The number of nitrogens with one attached hydrogen (secondary N) is 2. The van der Waals surface area contributed by atoms with Gasteiger partial charge in [0.15, 0.2) is 5.96 Å². The Kier molecular flexibility index (Phi) is 11.9. The Bertz CT molecular complexity index is 507. The highest BCUT2D eigenvalue weighted by atomic mass is 127. The fourth-order valence-corrected chi connectivity index (χ4v) is 3.30. The summed E-state index contributed by atoms with van der Waals surface area (Å²) in [4.78, 5) is 19.4. The Morgan fingerprint density at radius 3 is 2.61 bits per heavy atom. The van der Waals surface area contributed by atoms with Gasteiger partial charge in [0.05, 0.1) is 16.9 Å². The molecule has 0 bridgehead atoms. The van der Waals surface area contributed by atoms with Crippen molar-refractivity contribution < 1.29 is 4.79 Å². The average molecular weight is 517 g/mol. The van der Waals surface area contributed by atoms with E-state index in [2.05, 4.69) is 48.6 Å². The van der Waals surface area contributed by atoms with Gasteiger partial charge >= 0.3 is 0 Å². The van der Waals surface area contributed by atoms with Crippen LogP contribution in [0.2, 0.25) is 0 Å². The summed E-state index contributed by atoms with van der Waals surface area (Å²) >= 11 is 5.20. The molecular formula is C15H26BrIN4OS. The van der Waals surface area contributed by atoms with Gasteiger partial charge in [0.1, 0.15) is 0 Å². The molecule has 1 heterocycles. The van der Waals surface area contributed by atoms with Crippen LogP contribution in [0.4, 0.5) is 0 Å². The van der Waals surface area contributed by atoms with E-state index in [1.807, 2.05) is 27.8 Å². The van der Waals surface area contributed by atoms with E-state index in [1.165, 1.54) is 4.88 Å². The lowest BCUT2D eigenvalue weighted by Crippen LogP contribution is -2.39. The molecule has 0 fully saturated rings. The third-order valence-electron chi connectivity index (χ3n) is 2.92. The van der Waals surface area contributed by atoms with Crippen LogP contribution in [0.25, 0.3) is 0 Å². The molecular weight excluding hydrogens is 491 g/mol. The average Bonchev–Trinajstić information content (AvgIpc) is 2.86. The molecule has 1 aromatic rings. The van der Waals surface area contributed by atoms with Gasteiger partial charge in [-0.3, -0.25) is 9.79 Å². The molecule has 1 amide bonds. The van der Waals surface area contributed by atoms with Crippen LogP contribution < -0.4 is 10.6 Å². The molecule has 8 heteroatoms. The lowest BCUT2D eigenvalue weighted by molar-refractivity contribution is -0.123. The molecule has 1 rings (SSSR count). The van der Waals surface area contributed by atoms with Gasteiger partial charge in [0.25, 0.3) is 0 Å². The largest absolute Gasteiger partial charge is 0.357 e. The predicted octanol–water partition coefficient (Wildman–Crippen LogP) is 3.30. The lowest BCUT2D eigenvalue weighted by atomic mass is 10.2. The molecule has 0 aromatic carbocycles. The van der Waals surface area contributed by atoms with Crippen LogP contribution >= 0.6 is 51.2 Å². The van der Waals surface area contributed by atoms with Crippen molar-refractivity contribution in [1.29, 1.82) is 0 Å². The molecule has 5 nitrogen and oxygen atoms in total. The third kappa shape index (κ3) is 8.90. The quantitative estimate of drug-likeness (QED) is 0.253. The first-order valence-corrected chi connectivity index (χ1v) is 9.06. The molecule has 0 saturated carbocycles. The molecule has 0 saturated heterocycles. The first-order chi connectivity index (χ1) is 10.4. The molecule has 1 aromatic heterocycles. The van der Waals surface area contributed by atoms with Gasteiger partial charge in [-0.1, -0.05) is 13.8 Å². The van der Waals surface area contributed by atoms with E-state index in [0.717, 1.165) is 22.8 Å². The number of hydrogen-bond acceptors (Lipinski definition) is 3. The number of halogens is 2. The molecule has 0 aliphatic heterocycles. The van der Waals surface area contributed by atoms with Gasteiger partial charge < -0.3 is 15.5 Å². The maximum atomic E-state index is 11.5. The van der Waals surface area contributed by atoms with Crippen LogP contribution in [-0.4, -0.2) is 43.4 Å². The molecule has 0 aliphatic carbocycles. The molecule has 0 unspecified atom stereocenters. The SMILES string of the molecule is CCNC(=NCCNC(=O)C(C)C)N(C)Cc1ccc(Br)s1.I. The normalized spacial score (nSPS) is 11.1. The zero-order valence-electron chi connectivity index (χ0n) is 14.1. The Morgan fingerprint density at radius 1 is 1.39 bits per heavy atom. The summed E-state index contributed by atoms with van der Waals surface area (Å²) in [5, 5.41) is 6.15. The fourth-order valence-electron chi connectivity index (χ4n) is 1.76. The van der Waals surface area contributed by atoms with Crippen LogP contribution in [-0.2, 0) is 11.3 Å². The molecule has 0 aliphatic rings. The zero-order chi connectivity index (χ0) is 16.5. The van der Waals surface area contributed by atoms with Crippen LogP contribution in [0.3, 0.4) is 0 Å². The van der Waals surface area contributed by atoms with Crippen LogP contribution in [0, 0.1) is 5.92 Å². The smallest absolute Gasteiger partial charge is 0.222 e. The van der Waals surface area contributed by atoms with E-state index >= 15 is 0 Å². The summed E-state index contributed by atoms with van der Waals surface area (Å²) in [6, 6.07) is 4.16. The topological polar surface area (TPSA) is 56.7 Å². The summed E-state index contributed by atoms with van der Waals surface area (Å²) in [5.74, 6) is 0.931. The van der Waals surface area contributed by atoms with Crippen LogP contribution in [0.5, 0.6) is 0 Å². The minimum Gasteiger partial charge on any atom is -0.357 e. The van der Waals surface area contributed by atoms with Crippen molar-refractivity contribution in [1.82, 2.24) is 15.5 Å². The van der Waals surface area contributed by atoms with Crippen molar-refractivity contribution in [3.63, 3.8) is 0 Å². The van der Waals surface area contributed by atoms with E-state index < -0.39 is 0 Å². The van der Waals surface area contributed by atoms with Gasteiger partial charge in [-0.25, -0.2) is 0 Å². The second-order valence-corrected chi connectivity index (χ2v) is 7.79. The highest BCUT2D eigenvalue weighted by Crippen LogP contribution is 2.22. The number of thiophene rings is 1. The zero-order valence-corrected chi connectivity index (χ0v) is 18.8. The molecule has 2 N–H and O–H groups in total. The van der Waals surface area contributed by atoms with Gasteiger partial charge in [-0.2, -0.15) is 0 Å². The number of carbonyl (C=O) groups is 1. The van der Waals surface area contributed by atoms with Crippen LogP contribution in [0.15, 0.2) is 20.9 Å². The maximum absolute atomic E-state index is 11.5. The third-order valence-corrected chi connectivity index (χ3v) is 4.52. The number of hydrogen-bond donors (Lipinski definition) is 2. The van der Waals surface area contributed by atoms with Crippen molar-refractivity contribution in [2.24, 2.45) is 10.9 Å². The van der Waals surface area contributed by atoms with Crippen LogP contribution in [0.1, 0.15) is 25.6 Å². The molecule has 132 valence electrons. The minimum absolute atomic E-state index is 0. The first-order valence-electron chi connectivity index (χ1n) is 7.45. The van der Waals surface area contributed by atoms with Gasteiger partial charge in [0, 0.05) is 30.9 Å². The molecule has 0 atom stereocenters. The molecule has 23 heavy (non-hydrogen) atoms. The Hall–Kier alpha value is -0.350. The summed E-state index contributed by atoms with van der Waals surface area (Å²) in [6.07, 6.45) is 0. The number of guanidine groups is 1. The second-order valence-electron chi connectivity index (χ2n) is 5.24. The number of carbonyl (C=O) groups excluding carboxylic acids is 1. The standard InChI is InChI=1S/C15H25BrN4OS.HI/c1-5-17-15(19-9-8-18-14(21)11(2)3)20(4)10-12-6-7-13(16)22-12;/h6-7,11H,5,8-10H2,1-4H3,(H,17,19)(H,18,21);1H. The van der Waals surface area contributed by atoms with Gasteiger partial charge in [0.2, 0.25) is 5.91 Å². The maximum Gasteiger partial charge on any atom is 0.222 e. The van der Waals surface area contributed by atoms with Gasteiger partial charge in [-0.05, 0) is 35.0 Å². The van der Waals surface area contributed by atoms with E-state index in [1.54, 1.807) is 11.3 Å². The van der Waals surface area contributed by atoms with Crippen molar-refractivity contribution in [3.05, 3.63) is 20.8 Å². The van der Waals surface area contributed by atoms with Crippen molar-refractivity contribution in [3.8, 4) is 0 Å². The Balaban J connectivity index is 0.00000484. The van der Waals surface area contributed by atoms with E-state index in [9.17, 15) is 4.79 Å². The second kappa shape index (κ2) is 12.1. The number of amides is 1. The monoisotopic (exact) mass is 516 g/mol. The van der Waals surface area contributed by atoms with Crippen molar-refractivity contribution in [2.75, 3.05) is 26.7 Å². The molecule has 0 radical (unpaired) electrons. The van der Waals surface area contributed by atoms with Gasteiger partial charge in [-0.15, -0.1) is 35.3 Å². The fraction of sp³-hybridized carbons (Fsp3) is 0.600. The van der Waals surface area contributed by atoms with Crippen molar-refractivity contribution >= 4 is 63.1 Å². The predicted molar refractivity (Wildman–Crippen MR) is 113 cm³/mol. The summed E-state index contributed by atoms with van der Waals surface area (Å²) < 4.78 is 1.13. The van der Waals surface area contributed by atoms with E-state index in [0.29, 0.717) is 13.1 Å². The summed E-state index contributed by atoms with van der Waals surface area (Å²) in [7, 11) is 2.02. The van der Waals surface area contributed by atoms with Crippen molar-refractivity contribution in [2.45, 2.75) is 27.3 Å². The number of aliphatic imine (C=N–C) groups is 1. The minimum atomic E-state index is 0. The number of nitrogens with zero attached hydrogens (tertiary/aromatic N) is 2. The number of rotatable bonds is 7. The first kappa shape index (κ1) is 22.6. The molecule has 0 spiro atoms. The van der Waals surface area contributed by atoms with E-state index in [-0.39, 0.29) is 35.8 Å². The van der Waals surface area contributed by atoms with E-state index in [4.69, 9.17) is 0 Å². The summed E-state index contributed by atoms with van der Waals surface area (Å²) in [5.41, 5.74) is 0. The lowest BCUT2D eigenvalue weighted by Gasteiger charge is -2.21. The Morgan fingerprint density at radius 2 is 2.09 bits per heavy atom. The summed E-state index contributed by atoms with van der Waals surface area (Å²) in [6.45, 7) is 8.57. The Labute approximate surface area is 168 Å².